The van der Waals surface area contributed by atoms with Crippen molar-refractivity contribution in [3.63, 3.8) is 0 Å². The molecule has 1 aliphatic heterocycles. The topological polar surface area (TPSA) is 55.7 Å². The van der Waals surface area contributed by atoms with E-state index < -0.39 is 15.2 Å². The quantitative estimate of drug-likeness (QED) is 0.552. The van der Waals surface area contributed by atoms with E-state index in [1.165, 1.54) is 0 Å². The number of rotatable bonds is 3. The van der Waals surface area contributed by atoms with Gasteiger partial charge in [-0.25, -0.2) is 0 Å². The minimum atomic E-state index is -1.46. The van der Waals surface area contributed by atoms with Crippen molar-refractivity contribution in [1.29, 1.82) is 0 Å². The van der Waals surface area contributed by atoms with E-state index >= 15 is 0 Å². The standard InChI is InChI=1S/C17H27BN2O2Si/c1-14-16(13-20-8-6-19-7-9-20)11-15(5-10-23(2,3)4)12-17(14)18(21)22/h11-12,19,21-22H,6-9,13H2,1-4H3. The van der Waals surface area contributed by atoms with Gasteiger partial charge in [-0.1, -0.05) is 25.6 Å². The molecule has 0 atom stereocenters. The molecule has 0 aliphatic carbocycles. The fourth-order valence-corrected chi connectivity index (χ4v) is 3.19. The van der Waals surface area contributed by atoms with Crippen LogP contribution in [0.4, 0.5) is 0 Å². The lowest BCUT2D eigenvalue weighted by Gasteiger charge is -2.28. The van der Waals surface area contributed by atoms with E-state index in [0.717, 1.165) is 49.4 Å². The zero-order valence-corrected chi connectivity index (χ0v) is 15.6. The Labute approximate surface area is 141 Å². The molecule has 1 heterocycles. The van der Waals surface area contributed by atoms with Crippen molar-refractivity contribution < 1.29 is 10.0 Å². The first-order valence-electron chi connectivity index (χ1n) is 8.22. The van der Waals surface area contributed by atoms with E-state index in [-0.39, 0.29) is 0 Å². The molecule has 0 saturated carbocycles. The van der Waals surface area contributed by atoms with Crippen molar-refractivity contribution >= 4 is 20.7 Å². The Morgan fingerprint density at radius 3 is 2.43 bits per heavy atom. The molecule has 0 bridgehead atoms. The zero-order chi connectivity index (χ0) is 17.0. The average molecular weight is 330 g/mol. The molecule has 0 amide bonds. The third-order valence-corrected chi connectivity index (χ3v) is 4.89. The molecule has 1 aromatic carbocycles. The van der Waals surface area contributed by atoms with Gasteiger partial charge >= 0.3 is 7.12 Å². The van der Waals surface area contributed by atoms with Gasteiger partial charge in [0.25, 0.3) is 0 Å². The van der Waals surface area contributed by atoms with Gasteiger partial charge in [-0.2, -0.15) is 0 Å². The van der Waals surface area contributed by atoms with Crippen molar-refractivity contribution in [2.24, 2.45) is 0 Å². The third-order valence-electron chi connectivity index (χ3n) is 4.02. The molecule has 124 valence electrons. The summed E-state index contributed by atoms with van der Waals surface area (Å²) in [6.07, 6.45) is 0. The van der Waals surface area contributed by atoms with Gasteiger partial charge in [0.05, 0.1) is 0 Å². The Balaban J connectivity index is 2.34. The van der Waals surface area contributed by atoms with Crippen LogP contribution in [0.3, 0.4) is 0 Å². The molecule has 1 aromatic rings. The third kappa shape index (κ3) is 5.48. The van der Waals surface area contributed by atoms with E-state index in [1.807, 2.05) is 13.0 Å². The molecule has 3 N–H and O–H groups in total. The first kappa shape index (κ1) is 18.2. The maximum atomic E-state index is 9.68. The fourth-order valence-electron chi connectivity index (χ4n) is 2.67. The monoisotopic (exact) mass is 330 g/mol. The van der Waals surface area contributed by atoms with Gasteiger partial charge in [0, 0.05) is 38.3 Å². The highest BCUT2D eigenvalue weighted by Crippen LogP contribution is 2.13. The van der Waals surface area contributed by atoms with Gasteiger partial charge in [0.15, 0.2) is 0 Å². The zero-order valence-electron chi connectivity index (χ0n) is 14.6. The van der Waals surface area contributed by atoms with Crippen LogP contribution in [0.1, 0.15) is 16.7 Å². The highest BCUT2D eigenvalue weighted by atomic mass is 28.3. The second-order valence-corrected chi connectivity index (χ2v) is 12.0. The molecule has 23 heavy (non-hydrogen) atoms. The smallest absolute Gasteiger partial charge is 0.423 e. The van der Waals surface area contributed by atoms with Crippen LogP contribution in [0.25, 0.3) is 0 Å². The summed E-state index contributed by atoms with van der Waals surface area (Å²) in [5.41, 5.74) is 6.90. The van der Waals surface area contributed by atoms with Gasteiger partial charge in [0.2, 0.25) is 0 Å². The second-order valence-electron chi connectivity index (χ2n) is 7.25. The number of benzene rings is 1. The summed E-state index contributed by atoms with van der Waals surface area (Å²) in [5, 5.41) is 22.7. The van der Waals surface area contributed by atoms with E-state index in [9.17, 15) is 10.0 Å². The minimum Gasteiger partial charge on any atom is -0.423 e. The Bertz CT molecular complexity index is 611. The molecular weight excluding hydrogens is 303 g/mol. The van der Waals surface area contributed by atoms with Crippen molar-refractivity contribution in [1.82, 2.24) is 10.2 Å². The van der Waals surface area contributed by atoms with Crippen LogP contribution in [0, 0.1) is 18.4 Å². The lowest BCUT2D eigenvalue weighted by atomic mass is 9.75. The maximum absolute atomic E-state index is 9.68. The summed E-state index contributed by atoms with van der Waals surface area (Å²) in [7, 11) is -2.92. The number of nitrogens with one attached hydrogen (secondary N) is 1. The largest absolute Gasteiger partial charge is 0.488 e. The Morgan fingerprint density at radius 1 is 1.22 bits per heavy atom. The Morgan fingerprint density at radius 2 is 1.87 bits per heavy atom. The molecule has 2 rings (SSSR count). The van der Waals surface area contributed by atoms with Crippen molar-refractivity contribution in [2.75, 3.05) is 26.2 Å². The van der Waals surface area contributed by atoms with Crippen LogP contribution in [-0.2, 0) is 6.54 Å². The van der Waals surface area contributed by atoms with Crippen molar-refractivity contribution in [3.05, 3.63) is 28.8 Å². The number of hydrogen-bond acceptors (Lipinski definition) is 4. The normalized spacial score (nSPS) is 15.9. The first-order valence-corrected chi connectivity index (χ1v) is 11.7. The minimum absolute atomic E-state index is 0.567. The maximum Gasteiger partial charge on any atom is 0.488 e. The molecule has 6 heteroatoms. The van der Waals surface area contributed by atoms with E-state index in [2.05, 4.69) is 47.4 Å². The van der Waals surface area contributed by atoms with Crippen LogP contribution in [0.5, 0.6) is 0 Å². The van der Waals surface area contributed by atoms with Crippen LogP contribution >= 0.6 is 0 Å². The summed E-state index contributed by atoms with van der Waals surface area (Å²) in [5.74, 6) is 3.24. The molecule has 1 aliphatic rings. The molecule has 0 aromatic heterocycles. The summed E-state index contributed by atoms with van der Waals surface area (Å²) >= 11 is 0. The second kappa shape index (κ2) is 7.65. The van der Waals surface area contributed by atoms with Crippen LogP contribution in [-0.4, -0.2) is 56.3 Å². The van der Waals surface area contributed by atoms with E-state index in [1.54, 1.807) is 0 Å². The number of piperazine rings is 1. The van der Waals surface area contributed by atoms with Gasteiger partial charge in [-0.05, 0) is 35.6 Å². The summed E-state index contributed by atoms with van der Waals surface area (Å²) in [6.45, 7) is 13.4. The summed E-state index contributed by atoms with van der Waals surface area (Å²) in [4.78, 5) is 2.39. The van der Waals surface area contributed by atoms with E-state index in [4.69, 9.17) is 0 Å². The van der Waals surface area contributed by atoms with Gasteiger partial charge in [0.1, 0.15) is 8.07 Å². The number of nitrogens with zero attached hydrogens (tertiary/aromatic N) is 1. The molecule has 4 nitrogen and oxygen atoms in total. The van der Waals surface area contributed by atoms with Crippen molar-refractivity contribution in [2.45, 2.75) is 33.1 Å². The Hall–Kier alpha value is -1.10. The van der Waals surface area contributed by atoms with Crippen molar-refractivity contribution in [3.8, 4) is 11.5 Å². The van der Waals surface area contributed by atoms with Gasteiger partial charge in [-0.3, -0.25) is 4.90 Å². The van der Waals surface area contributed by atoms with Gasteiger partial charge in [-0.15, -0.1) is 5.54 Å². The molecule has 1 saturated heterocycles. The molecular formula is C17H27BN2O2Si. The fraction of sp³-hybridized carbons (Fsp3) is 0.529. The molecule has 0 unspecified atom stereocenters. The number of hydrogen-bond donors (Lipinski definition) is 3. The predicted molar refractivity (Wildman–Crippen MR) is 99.4 cm³/mol. The average Bonchev–Trinajstić information content (AvgIpc) is 2.48. The molecule has 1 fully saturated rings. The Kier molecular flexibility index (Phi) is 6.07. The molecule has 0 spiro atoms. The summed E-state index contributed by atoms with van der Waals surface area (Å²) < 4.78 is 0. The lowest BCUT2D eigenvalue weighted by Crippen LogP contribution is -2.43. The first-order chi connectivity index (χ1) is 10.8. The SMILES string of the molecule is Cc1c(CN2CCNCC2)cc(C#C[Si](C)(C)C)cc1B(O)O. The lowest BCUT2D eigenvalue weighted by molar-refractivity contribution is 0.233. The van der Waals surface area contributed by atoms with Crippen LogP contribution in [0.15, 0.2) is 12.1 Å². The van der Waals surface area contributed by atoms with Crippen LogP contribution < -0.4 is 10.8 Å². The summed E-state index contributed by atoms with van der Waals surface area (Å²) in [6, 6.07) is 3.92. The predicted octanol–water partition coefficient (Wildman–Crippen LogP) is 0.309. The highest BCUT2D eigenvalue weighted by Gasteiger charge is 2.19. The van der Waals surface area contributed by atoms with Crippen LogP contribution in [0.2, 0.25) is 19.6 Å². The van der Waals surface area contributed by atoms with E-state index in [0.29, 0.717) is 5.46 Å². The molecule has 0 radical (unpaired) electrons. The highest BCUT2D eigenvalue weighted by molar-refractivity contribution is 6.83. The van der Waals surface area contributed by atoms with Gasteiger partial charge < -0.3 is 15.4 Å².